The SMILES string of the molecule is C=CCOC(=O)CCC/C=C\C[C@@H]1[C@@H]([CH2-])[C@H](O)C[C@H]1Cl.Clc1c[c-]cc(Cl)c1.[Ac]. The van der Waals surface area contributed by atoms with Crippen molar-refractivity contribution in [3.63, 3.8) is 0 Å². The van der Waals surface area contributed by atoms with E-state index in [1.165, 1.54) is 0 Å². The number of carbonyl (C=O) groups is 1. The molecular weight excluding hydrogens is 646 g/mol. The van der Waals surface area contributed by atoms with Gasteiger partial charge in [0.1, 0.15) is 6.61 Å². The number of benzene rings is 1. The standard InChI is InChI=1S/C16H24ClO3.C6H3Cl2.Ac/c1-3-10-20-16(19)9-7-5-4-6-8-13-12(2)15(18)11-14(13)17;7-5-2-1-3-6(8)4-5;/h3-4,6,12-15,18H,1-2,5,7-11H2;2-4H;/q2*-1;/b6-4-;;/t12-,13-,14-,15-;;/m1../s1. The van der Waals surface area contributed by atoms with Crippen molar-refractivity contribution in [1.29, 1.82) is 0 Å². The van der Waals surface area contributed by atoms with Gasteiger partial charge >= 0.3 is 5.97 Å². The first-order valence-electron chi connectivity index (χ1n) is 9.24. The Bertz CT molecular complexity index is 622. The van der Waals surface area contributed by atoms with E-state index in [1.807, 2.05) is 0 Å². The van der Waals surface area contributed by atoms with E-state index in [0.29, 0.717) is 22.9 Å². The minimum Gasteiger partial charge on any atom is -0.461 e. The number of aliphatic hydroxyl groups excluding tert-OH is 1. The van der Waals surface area contributed by atoms with Crippen molar-refractivity contribution in [2.75, 3.05) is 6.61 Å². The summed E-state index contributed by atoms with van der Waals surface area (Å²) >= 11 is 17.3. The maximum atomic E-state index is 11.2. The summed E-state index contributed by atoms with van der Waals surface area (Å²) in [7, 11) is 0. The quantitative estimate of drug-likeness (QED) is 0.120. The molecule has 1 N–H and O–H groups in total. The minimum atomic E-state index is -0.379. The molecule has 4 atom stereocenters. The number of carbonyl (C=O) groups excluding carboxylic acids is 1. The Kier molecular flexibility index (Phi) is 17.3. The molecule has 0 saturated heterocycles. The van der Waals surface area contributed by atoms with Crippen LogP contribution in [-0.2, 0) is 9.53 Å². The van der Waals surface area contributed by atoms with E-state index in [1.54, 1.807) is 24.3 Å². The number of rotatable bonds is 8. The Morgan fingerprint density at radius 1 is 1.34 bits per heavy atom. The predicted molar refractivity (Wildman–Crippen MR) is 117 cm³/mol. The molecule has 1 aliphatic rings. The van der Waals surface area contributed by atoms with E-state index in [-0.39, 0.29) is 80.0 Å². The van der Waals surface area contributed by atoms with Gasteiger partial charge in [-0.1, -0.05) is 34.9 Å². The molecular formula is C22H27AcCl3O3-2. The summed E-state index contributed by atoms with van der Waals surface area (Å²) in [4.78, 5) is 11.2. The predicted octanol–water partition coefficient (Wildman–Crippen LogP) is 6.06. The van der Waals surface area contributed by atoms with Crippen LogP contribution in [0.3, 0.4) is 0 Å². The Morgan fingerprint density at radius 3 is 2.48 bits per heavy atom. The summed E-state index contributed by atoms with van der Waals surface area (Å²) in [6, 6.07) is 7.75. The molecule has 1 aromatic rings. The van der Waals surface area contributed by atoms with Gasteiger partial charge in [-0.25, -0.2) is 0 Å². The smallest absolute Gasteiger partial charge is 0.306 e. The maximum absolute atomic E-state index is 11.2. The molecule has 1 radical (unpaired) electrons. The number of unbranched alkanes of at least 4 members (excludes halogenated alkanes) is 1. The fourth-order valence-corrected chi connectivity index (χ4v) is 3.72. The van der Waals surface area contributed by atoms with Gasteiger partial charge in [-0.3, -0.25) is 4.79 Å². The van der Waals surface area contributed by atoms with Crippen molar-refractivity contribution in [3.05, 3.63) is 66.0 Å². The molecule has 1 aromatic carbocycles. The van der Waals surface area contributed by atoms with Gasteiger partial charge in [0.25, 0.3) is 0 Å². The monoisotopic (exact) mass is 671 g/mol. The van der Waals surface area contributed by atoms with Crippen molar-refractivity contribution >= 4 is 40.8 Å². The summed E-state index contributed by atoms with van der Waals surface area (Å²) in [5, 5.41) is 10.9. The van der Waals surface area contributed by atoms with E-state index in [2.05, 4.69) is 31.7 Å². The second-order valence-corrected chi connectivity index (χ2v) is 8.02. The third-order valence-corrected chi connectivity index (χ3v) is 5.32. The molecule has 0 heterocycles. The van der Waals surface area contributed by atoms with Gasteiger partial charge in [0.05, 0.1) is 0 Å². The van der Waals surface area contributed by atoms with Crippen molar-refractivity contribution < 1.29 is 58.7 Å². The van der Waals surface area contributed by atoms with Crippen LogP contribution < -0.4 is 0 Å². The molecule has 3 nitrogen and oxygen atoms in total. The van der Waals surface area contributed by atoms with Crippen molar-refractivity contribution in [2.45, 2.75) is 43.6 Å². The molecule has 29 heavy (non-hydrogen) atoms. The molecule has 2 rings (SSSR count). The number of ether oxygens (including phenoxy) is 1. The summed E-state index contributed by atoms with van der Waals surface area (Å²) in [5.74, 6) is 0.0624. The van der Waals surface area contributed by atoms with Gasteiger partial charge in [0, 0.05) is 62.0 Å². The number of allylic oxidation sites excluding steroid dienone is 2. The first-order valence-corrected chi connectivity index (χ1v) is 10.4. The molecule has 1 fully saturated rings. The average molecular weight is 673 g/mol. The zero-order chi connectivity index (χ0) is 20.9. The van der Waals surface area contributed by atoms with Crippen molar-refractivity contribution in [1.82, 2.24) is 0 Å². The zero-order valence-electron chi connectivity index (χ0n) is 16.4. The molecule has 0 bridgehead atoms. The van der Waals surface area contributed by atoms with Gasteiger partial charge < -0.3 is 16.8 Å². The third-order valence-electron chi connectivity index (χ3n) is 4.38. The van der Waals surface area contributed by atoms with E-state index in [9.17, 15) is 9.90 Å². The number of aliphatic hydroxyl groups is 1. The largest absolute Gasteiger partial charge is 0.461 e. The van der Waals surface area contributed by atoms with Crippen LogP contribution in [-0.4, -0.2) is 29.2 Å². The van der Waals surface area contributed by atoms with Crippen LogP contribution in [0.2, 0.25) is 10.0 Å². The number of alkyl halides is 1. The molecule has 1 saturated carbocycles. The second-order valence-electron chi connectivity index (χ2n) is 6.59. The van der Waals surface area contributed by atoms with Crippen LogP contribution in [0.25, 0.3) is 0 Å². The number of esters is 1. The first-order chi connectivity index (χ1) is 13.3. The van der Waals surface area contributed by atoms with Crippen LogP contribution in [0.15, 0.2) is 43.0 Å². The molecule has 0 aromatic heterocycles. The van der Waals surface area contributed by atoms with Crippen LogP contribution in [0.5, 0.6) is 0 Å². The van der Waals surface area contributed by atoms with Crippen LogP contribution in [0.4, 0.5) is 0 Å². The Morgan fingerprint density at radius 2 is 2.00 bits per heavy atom. The molecule has 1 aliphatic carbocycles. The van der Waals surface area contributed by atoms with Gasteiger partial charge in [0.15, 0.2) is 0 Å². The van der Waals surface area contributed by atoms with Gasteiger partial charge in [0.2, 0.25) is 0 Å². The van der Waals surface area contributed by atoms with E-state index < -0.39 is 0 Å². The van der Waals surface area contributed by atoms with Crippen molar-refractivity contribution in [3.8, 4) is 0 Å². The Hall–Kier alpha value is 0.442. The molecule has 7 heteroatoms. The fraction of sp³-hybridized carbons (Fsp3) is 0.455. The summed E-state index contributed by atoms with van der Waals surface area (Å²) in [6.07, 6.45) is 8.82. The minimum absolute atomic E-state index is 0. The van der Waals surface area contributed by atoms with E-state index in [4.69, 9.17) is 39.5 Å². The summed E-state index contributed by atoms with van der Waals surface area (Å²) < 4.78 is 4.88. The summed E-state index contributed by atoms with van der Waals surface area (Å²) in [5.41, 5.74) is 0. The van der Waals surface area contributed by atoms with Crippen LogP contribution >= 0.6 is 34.8 Å². The molecule has 159 valence electrons. The van der Waals surface area contributed by atoms with Crippen LogP contribution in [0, 0.1) is 68.9 Å². The molecule has 0 unspecified atom stereocenters. The molecule has 0 spiro atoms. The number of halogens is 3. The zero-order valence-corrected chi connectivity index (χ0v) is 23.4. The number of hydrogen-bond donors (Lipinski definition) is 1. The Balaban J connectivity index is 0.000000729. The first kappa shape index (κ1) is 29.4. The third kappa shape index (κ3) is 12.8. The number of hydrogen-bond acceptors (Lipinski definition) is 3. The Labute approximate surface area is 225 Å². The van der Waals surface area contributed by atoms with Crippen molar-refractivity contribution in [2.24, 2.45) is 11.8 Å². The average Bonchev–Trinajstić information content (AvgIpc) is 2.88. The fourth-order valence-electron chi connectivity index (χ4n) is 2.83. The van der Waals surface area contributed by atoms with Crippen LogP contribution in [0.1, 0.15) is 32.1 Å². The normalized spacial score (nSPS) is 23.1. The topological polar surface area (TPSA) is 46.5 Å². The second kappa shape index (κ2) is 17.1. The summed E-state index contributed by atoms with van der Waals surface area (Å²) in [6.45, 7) is 7.74. The molecule has 0 amide bonds. The van der Waals surface area contributed by atoms with Gasteiger partial charge in [-0.05, 0) is 31.6 Å². The van der Waals surface area contributed by atoms with Gasteiger partial charge in [-0.15, -0.1) is 23.6 Å². The van der Waals surface area contributed by atoms with E-state index >= 15 is 0 Å². The molecule has 0 aliphatic heterocycles. The van der Waals surface area contributed by atoms with Gasteiger partial charge in [-0.2, -0.15) is 41.4 Å². The van der Waals surface area contributed by atoms with E-state index in [0.717, 1.165) is 19.3 Å². The maximum Gasteiger partial charge on any atom is 0.306 e.